The molecule has 2 heterocycles. The van der Waals surface area contributed by atoms with Crippen LogP contribution < -0.4 is 4.74 Å². The number of nitrogens with zero attached hydrogens (tertiary/aromatic N) is 2. The van der Waals surface area contributed by atoms with Gasteiger partial charge in [0.25, 0.3) is 0 Å². The van der Waals surface area contributed by atoms with Crippen molar-refractivity contribution < 1.29 is 17.9 Å². The molecule has 1 unspecified atom stereocenters. The van der Waals surface area contributed by atoms with E-state index < -0.39 is 25.6 Å². The Hall–Kier alpha value is -2.77. The Morgan fingerprint density at radius 2 is 1.74 bits per heavy atom. The van der Waals surface area contributed by atoms with E-state index in [0.717, 1.165) is 5.56 Å². The topological polar surface area (TPSA) is 86.2 Å². The number of sulfone groups is 1. The van der Waals surface area contributed by atoms with Gasteiger partial charge in [0.1, 0.15) is 22.8 Å². The zero-order valence-electron chi connectivity index (χ0n) is 17.3. The summed E-state index contributed by atoms with van der Waals surface area (Å²) in [6.45, 7) is 5.00. The lowest BCUT2D eigenvalue weighted by Gasteiger charge is -2.35. The fourth-order valence-electron chi connectivity index (χ4n) is 3.81. The van der Waals surface area contributed by atoms with Crippen LogP contribution in [-0.2, 0) is 21.2 Å². The fraction of sp³-hybridized carbons (Fsp3) is 0.261. The molecule has 160 valence electrons. The number of hydrogen-bond donors (Lipinski definition) is 0. The summed E-state index contributed by atoms with van der Waals surface area (Å²) in [7, 11) is -4.05. The standard InChI is InChI=1S/C23H21ClN2O4S/c1-14-9-10-16(24)20(30-13-15-7-5-4-6-8-15)17(14)21-19(27)18-22(26-12-11-25-18)23(2,3)31(21,28)29/h4-12,21H,13H2,1-3H3. The van der Waals surface area contributed by atoms with Gasteiger partial charge in [-0.15, -0.1) is 0 Å². The lowest BCUT2D eigenvalue weighted by molar-refractivity contribution is 0.0972. The maximum absolute atomic E-state index is 13.7. The van der Waals surface area contributed by atoms with Crippen molar-refractivity contribution >= 4 is 27.2 Å². The molecule has 1 atom stereocenters. The van der Waals surface area contributed by atoms with Crippen LogP contribution in [0.25, 0.3) is 0 Å². The maximum Gasteiger partial charge on any atom is 0.205 e. The Morgan fingerprint density at radius 1 is 1.06 bits per heavy atom. The molecule has 8 heteroatoms. The number of halogens is 1. The third-order valence-electron chi connectivity index (χ3n) is 5.62. The Labute approximate surface area is 186 Å². The van der Waals surface area contributed by atoms with E-state index in [9.17, 15) is 13.2 Å². The van der Waals surface area contributed by atoms with E-state index in [-0.39, 0.29) is 34.3 Å². The molecule has 0 N–H and O–H groups in total. The van der Waals surface area contributed by atoms with E-state index in [1.165, 1.54) is 12.4 Å². The highest BCUT2D eigenvalue weighted by Gasteiger charge is 2.55. The van der Waals surface area contributed by atoms with E-state index in [0.29, 0.717) is 5.56 Å². The zero-order valence-corrected chi connectivity index (χ0v) is 18.9. The predicted octanol–water partition coefficient (Wildman–Crippen LogP) is 4.60. The van der Waals surface area contributed by atoms with E-state index in [2.05, 4.69) is 9.97 Å². The molecule has 2 aromatic carbocycles. The highest BCUT2D eigenvalue weighted by atomic mass is 35.5. The molecule has 0 saturated heterocycles. The maximum atomic E-state index is 13.7. The van der Waals surface area contributed by atoms with Gasteiger partial charge in [0.2, 0.25) is 5.78 Å². The van der Waals surface area contributed by atoms with Crippen molar-refractivity contribution in [2.45, 2.75) is 37.4 Å². The van der Waals surface area contributed by atoms with E-state index >= 15 is 0 Å². The molecule has 1 aliphatic rings. The van der Waals surface area contributed by atoms with Gasteiger partial charge in [-0.2, -0.15) is 0 Å². The van der Waals surface area contributed by atoms with E-state index in [4.69, 9.17) is 16.3 Å². The molecule has 0 fully saturated rings. The number of ketones is 1. The second kappa shape index (κ2) is 7.73. The van der Waals surface area contributed by atoms with Gasteiger partial charge >= 0.3 is 0 Å². The first-order chi connectivity index (χ1) is 14.7. The molecule has 0 aliphatic carbocycles. The van der Waals surface area contributed by atoms with Gasteiger partial charge in [-0.3, -0.25) is 9.78 Å². The van der Waals surface area contributed by atoms with Gasteiger partial charge in [0.15, 0.2) is 15.1 Å². The lowest BCUT2D eigenvalue weighted by atomic mass is 9.95. The van der Waals surface area contributed by atoms with Crippen molar-refractivity contribution in [1.82, 2.24) is 9.97 Å². The molecule has 0 radical (unpaired) electrons. The molecular weight excluding hydrogens is 436 g/mol. The normalized spacial score (nSPS) is 19.0. The van der Waals surface area contributed by atoms with Crippen molar-refractivity contribution in [3.05, 3.63) is 88.0 Å². The molecule has 4 rings (SSSR count). The smallest absolute Gasteiger partial charge is 0.205 e. The summed E-state index contributed by atoms with van der Waals surface area (Å²) < 4.78 is 32.0. The van der Waals surface area contributed by atoms with Crippen molar-refractivity contribution in [1.29, 1.82) is 0 Å². The average Bonchev–Trinajstić information content (AvgIpc) is 2.75. The second-order valence-corrected chi connectivity index (χ2v) is 10.9. The highest BCUT2D eigenvalue weighted by molar-refractivity contribution is 7.93. The SMILES string of the molecule is Cc1ccc(Cl)c(OCc2ccccc2)c1C1C(=O)c2nccnc2C(C)(C)S1(=O)=O. The van der Waals surface area contributed by atoms with Gasteiger partial charge in [-0.05, 0) is 38.0 Å². The number of hydrogen-bond acceptors (Lipinski definition) is 6. The number of rotatable bonds is 4. The monoisotopic (exact) mass is 456 g/mol. The summed E-state index contributed by atoms with van der Waals surface area (Å²) in [5.41, 5.74) is 1.94. The summed E-state index contributed by atoms with van der Waals surface area (Å²) in [6, 6.07) is 12.8. The Bertz CT molecular complexity index is 1270. The molecule has 0 amide bonds. The minimum absolute atomic E-state index is 0.0562. The van der Waals surface area contributed by atoms with Crippen LogP contribution in [-0.4, -0.2) is 24.2 Å². The van der Waals surface area contributed by atoms with Gasteiger partial charge in [-0.1, -0.05) is 48.0 Å². The number of benzene rings is 2. The Morgan fingerprint density at radius 3 is 2.45 bits per heavy atom. The number of carbonyl (C=O) groups excluding carboxylic acids is 1. The molecule has 1 aliphatic heterocycles. The first-order valence-electron chi connectivity index (χ1n) is 9.71. The number of aromatic nitrogens is 2. The minimum Gasteiger partial charge on any atom is -0.487 e. The summed E-state index contributed by atoms with van der Waals surface area (Å²) in [5, 5.41) is -1.25. The molecular formula is C23H21ClN2O4S. The van der Waals surface area contributed by atoms with Crippen molar-refractivity contribution in [3.63, 3.8) is 0 Å². The van der Waals surface area contributed by atoms with E-state index in [1.807, 2.05) is 30.3 Å². The Balaban J connectivity index is 1.89. The first-order valence-corrected chi connectivity index (χ1v) is 11.6. The molecule has 3 aromatic rings. The van der Waals surface area contributed by atoms with Crippen LogP contribution in [0.2, 0.25) is 5.02 Å². The van der Waals surface area contributed by atoms with Crippen molar-refractivity contribution in [3.8, 4) is 5.75 Å². The van der Waals surface area contributed by atoms with Gasteiger partial charge in [0.05, 0.1) is 10.7 Å². The van der Waals surface area contributed by atoms with Crippen LogP contribution in [0.5, 0.6) is 5.75 Å². The molecule has 31 heavy (non-hydrogen) atoms. The third-order valence-corrected chi connectivity index (χ3v) is 8.60. The average molecular weight is 457 g/mol. The fourth-order valence-corrected chi connectivity index (χ4v) is 6.04. The van der Waals surface area contributed by atoms with Crippen LogP contribution >= 0.6 is 11.6 Å². The summed E-state index contributed by atoms with van der Waals surface area (Å²) in [4.78, 5) is 21.8. The largest absolute Gasteiger partial charge is 0.487 e. The summed E-state index contributed by atoms with van der Waals surface area (Å²) in [5.74, 6) is -0.437. The molecule has 0 saturated carbocycles. The molecule has 6 nitrogen and oxygen atoms in total. The molecule has 0 spiro atoms. The van der Waals surface area contributed by atoms with Crippen LogP contribution in [0.4, 0.5) is 0 Å². The first kappa shape index (κ1) is 21.5. The third kappa shape index (κ3) is 3.42. The minimum atomic E-state index is -4.05. The quantitative estimate of drug-likeness (QED) is 0.570. The van der Waals surface area contributed by atoms with Crippen LogP contribution in [0, 0.1) is 6.92 Å². The summed E-state index contributed by atoms with van der Waals surface area (Å²) in [6.07, 6.45) is 2.78. The number of carbonyl (C=O) groups is 1. The van der Waals surface area contributed by atoms with Crippen molar-refractivity contribution in [2.24, 2.45) is 0 Å². The number of ether oxygens (including phenoxy) is 1. The number of Topliss-reactive ketones (excluding diaryl/α,β-unsaturated/α-hetero) is 1. The van der Waals surface area contributed by atoms with E-state index in [1.54, 1.807) is 32.9 Å². The second-order valence-electron chi connectivity index (χ2n) is 7.93. The lowest BCUT2D eigenvalue weighted by Crippen LogP contribution is -2.44. The van der Waals surface area contributed by atoms with Crippen LogP contribution in [0.15, 0.2) is 54.9 Å². The Kier molecular flexibility index (Phi) is 5.35. The zero-order chi connectivity index (χ0) is 22.4. The molecule has 0 bridgehead atoms. The summed E-state index contributed by atoms with van der Waals surface area (Å²) >= 11 is 6.44. The van der Waals surface area contributed by atoms with Crippen LogP contribution in [0.1, 0.15) is 52.0 Å². The van der Waals surface area contributed by atoms with Gasteiger partial charge in [0, 0.05) is 18.0 Å². The molecule has 1 aromatic heterocycles. The van der Waals surface area contributed by atoms with Crippen LogP contribution in [0.3, 0.4) is 0 Å². The predicted molar refractivity (Wildman–Crippen MR) is 118 cm³/mol. The number of fused-ring (bicyclic) bond motifs is 1. The van der Waals surface area contributed by atoms with Gasteiger partial charge in [-0.25, -0.2) is 13.4 Å². The van der Waals surface area contributed by atoms with Gasteiger partial charge < -0.3 is 4.74 Å². The number of aryl methyl sites for hydroxylation is 1. The van der Waals surface area contributed by atoms with Crippen molar-refractivity contribution in [2.75, 3.05) is 0 Å². The highest BCUT2D eigenvalue weighted by Crippen LogP contribution is 2.49.